The summed E-state index contributed by atoms with van der Waals surface area (Å²) in [5.41, 5.74) is -3.16. The van der Waals surface area contributed by atoms with Gasteiger partial charge in [-0.25, -0.2) is 0 Å². The second-order valence-electron chi connectivity index (χ2n) is 8.14. The largest absolute Gasteiger partial charge is 0.460 e. The van der Waals surface area contributed by atoms with Crippen LogP contribution in [0.5, 0.6) is 0 Å². The number of carbonyl (C=O) groups excluding carboxylic acids is 2. The van der Waals surface area contributed by atoms with Gasteiger partial charge in [0, 0.05) is 0 Å². The maximum Gasteiger partial charge on any atom is 0.309 e. The first-order valence-electron chi connectivity index (χ1n) is 8.69. The standard InChI is InChI=1S/C18H34O8/c1-16(2,3)25-14(20)11-18(22,12-15(21)26-17(4,5)6)13-24-10-9-23-8-7-19/h19,22H,7-13H2,1-6H3. The number of hydrogen-bond donors (Lipinski definition) is 2. The van der Waals surface area contributed by atoms with Crippen LogP contribution in [0, 0.1) is 0 Å². The number of esters is 2. The van der Waals surface area contributed by atoms with E-state index >= 15 is 0 Å². The third-order valence-corrected chi connectivity index (χ3v) is 2.77. The summed E-state index contributed by atoms with van der Waals surface area (Å²) in [6.45, 7) is 10.5. The highest BCUT2D eigenvalue weighted by atomic mass is 16.6. The SMILES string of the molecule is CC(C)(C)OC(=O)CC(O)(COCCOCCO)CC(=O)OC(C)(C)C. The molecule has 0 aliphatic rings. The Kier molecular flexibility index (Phi) is 10.3. The number of ether oxygens (including phenoxy) is 4. The molecule has 0 rings (SSSR count). The molecule has 0 aliphatic carbocycles. The summed E-state index contributed by atoms with van der Waals surface area (Å²) in [4.78, 5) is 24.1. The Labute approximate surface area is 155 Å². The Morgan fingerprint density at radius 3 is 1.58 bits per heavy atom. The predicted octanol–water partition coefficient (Wildman–Crippen LogP) is 1.21. The molecule has 0 radical (unpaired) electrons. The van der Waals surface area contributed by atoms with Crippen LogP contribution in [-0.4, -0.2) is 72.0 Å². The Morgan fingerprint density at radius 2 is 1.19 bits per heavy atom. The first kappa shape index (κ1) is 24.8. The second kappa shape index (κ2) is 10.8. The molecule has 2 N–H and O–H groups in total. The zero-order valence-corrected chi connectivity index (χ0v) is 16.8. The van der Waals surface area contributed by atoms with Crippen molar-refractivity contribution in [1.29, 1.82) is 0 Å². The summed E-state index contributed by atoms with van der Waals surface area (Å²) in [6, 6.07) is 0. The summed E-state index contributed by atoms with van der Waals surface area (Å²) >= 11 is 0. The van der Waals surface area contributed by atoms with E-state index in [4.69, 9.17) is 24.1 Å². The number of aliphatic hydroxyl groups excluding tert-OH is 1. The van der Waals surface area contributed by atoms with Crippen molar-refractivity contribution in [1.82, 2.24) is 0 Å². The number of hydrogen-bond acceptors (Lipinski definition) is 8. The van der Waals surface area contributed by atoms with E-state index in [9.17, 15) is 14.7 Å². The van der Waals surface area contributed by atoms with Crippen molar-refractivity contribution >= 4 is 11.9 Å². The molecule has 0 amide bonds. The van der Waals surface area contributed by atoms with Crippen molar-refractivity contribution in [3.05, 3.63) is 0 Å². The van der Waals surface area contributed by atoms with Gasteiger partial charge in [-0.15, -0.1) is 0 Å². The van der Waals surface area contributed by atoms with E-state index in [0.29, 0.717) is 0 Å². The summed E-state index contributed by atoms with van der Waals surface area (Å²) < 4.78 is 20.8. The normalized spacial score (nSPS) is 12.8. The van der Waals surface area contributed by atoms with Crippen LogP contribution >= 0.6 is 0 Å². The van der Waals surface area contributed by atoms with E-state index in [-0.39, 0.29) is 33.0 Å². The Bertz CT molecular complexity index is 403. The highest BCUT2D eigenvalue weighted by molar-refractivity contribution is 5.75. The van der Waals surface area contributed by atoms with Gasteiger partial charge in [-0.2, -0.15) is 0 Å². The van der Waals surface area contributed by atoms with Crippen molar-refractivity contribution in [2.75, 3.05) is 33.0 Å². The number of aliphatic hydroxyl groups is 2. The molecule has 0 aromatic carbocycles. The molecule has 0 saturated carbocycles. The molecule has 0 saturated heterocycles. The molecular weight excluding hydrogens is 344 g/mol. The minimum atomic E-state index is -1.75. The third-order valence-electron chi connectivity index (χ3n) is 2.77. The second-order valence-corrected chi connectivity index (χ2v) is 8.14. The van der Waals surface area contributed by atoms with Gasteiger partial charge in [0.25, 0.3) is 0 Å². The fraction of sp³-hybridized carbons (Fsp3) is 0.889. The predicted molar refractivity (Wildman–Crippen MR) is 94.6 cm³/mol. The summed E-state index contributed by atoms with van der Waals surface area (Å²) in [7, 11) is 0. The lowest BCUT2D eigenvalue weighted by Crippen LogP contribution is -2.42. The fourth-order valence-corrected chi connectivity index (χ4v) is 2.00. The van der Waals surface area contributed by atoms with E-state index in [0.717, 1.165) is 0 Å². The van der Waals surface area contributed by atoms with E-state index < -0.39 is 41.6 Å². The molecule has 154 valence electrons. The maximum atomic E-state index is 12.1. The lowest BCUT2D eigenvalue weighted by atomic mass is 9.96. The monoisotopic (exact) mass is 378 g/mol. The highest BCUT2D eigenvalue weighted by Gasteiger charge is 2.36. The minimum Gasteiger partial charge on any atom is -0.460 e. The lowest BCUT2D eigenvalue weighted by Gasteiger charge is -2.29. The first-order chi connectivity index (χ1) is 11.8. The van der Waals surface area contributed by atoms with Gasteiger partial charge in [0.05, 0.1) is 45.9 Å². The van der Waals surface area contributed by atoms with Gasteiger partial charge in [-0.1, -0.05) is 0 Å². The van der Waals surface area contributed by atoms with E-state index in [1.54, 1.807) is 41.5 Å². The molecule has 0 spiro atoms. The van der Waals surface area contributed by atoms with Crippen LogP contribution in [0.1, 0.15) is 54.4 Å². The Morgan fingerprint density at radius 1 is 0.769 bits per heavy atom. The first-order valence-corrected chi connectivity index (χ1v) is 8.69. The van der Waals surface area contributed by atoms with Crippen LogP contribution in [0.2, 0.25) is 0 Å². The van der Waals surface area contributed by atoms with Crippen molar-refractivity contribution in [3.8, 4) is 0 Å². The molecule has 0 fully saturated rings. The van der Waals surface area contributed by atoms with Crippen LogP contribution in [-0.2, 0) is 28.5 Å². The van der Waals surface area contributed by atoms with E-state index in [1.807, 2.05) is 0 Å². The molecule has 0 aliphatic heterocycles. The van der Waals surface area contributed by atoms with Crippen LogP contribution in [0.4, 0.5) is 0 Å². The molecule has 0 aromatic heterocycles. The molecule has 0 unspecified atom stereocenters. The molecular formula is C18H34O8. The average Bonchev–Trinajstić information content (AvgIpc) is 2.37. The summed E-state index contributed by atoms with van der Waals surface area (Å²) in [5, 5.41) is 19.4. The molecule has 8 heteroatoms. The average molecular weight is 378 g/mol. The number of carbonyl (C=O) groups is 2. The van der Waals surface area contributed by atoms with Crippen LogP contribution < -0.4 is 0 Å². The fourth-order valence-electron chi connectivity index (χ4n) is 2.00. The van der Waals surface area contributed by atoms with Crippen LogP contribution in [0.25, 0.3) is 0 Å². The molecule has 0 aromatic rings. The smallest absolute Gasteiger partial charge is 0.309 e. The van der Waals surface area contributed by atoms with Gasteiger partial charge < -0.3 is 29.2 Å². The lowest BCUT2D eigenvalue weighted by molar-refractivity contribution is -0.171. The van der Waals surface area contributed by atoms with Gasteiger partial charge in [-0.3, -0.25) is 9.59 Å². The van der Waals surface area contributed by atoms with Gasteiger partial charge >= 0.3 is 11.9 Å². The summed E-state index contributed by atoms with van der Waals surface area (Å²) in [6.07, 6.45) is -0.804. The molecule has 0 atom stereocenters. The zero-order chi connectivity index (χ0) is 20.4. The van der Waals surface area contributed by atoms with Gasteiger partial charge in [-0.05, 0) is 41.5 Å². The highest BCUT2D eigenvalue weighted by Crippen LogP contribution is 2.22. The van der Waals surface area contributed by atoms with Gasteiger partial charge in [0.2, 0.25) is 0 Å². The van der Waals surface area contributed by atoms with E-state index in [1.165, 1.54) is 0 Å². The Balaban J connectivity index is 4.79. The van der Waals surface area contributed by atoms with Crippen molar-refractivity contribution in [2.24, 2.45) is 0 Å². The number of rotatable bonds is 11. The molecule has 0 heterocycles. The molecule has 26 heavy (non-hydrogen) atoms. The van der Waals surface area contributed by atoms with Crippen LogP contribution in [0.3, 0.4) is 0 Å². The molecule has 0 bridgehead atoms. The van der Waals surface area contributed by atoms with Gasteiger partial charge in [0.1, 0.15) is 16.8 Å². The quantitative estimate of drug-likeness (QED) is 0.408. The topological polar surface area (TPSA) is 112 Å². The zero-order valence-electron chi connectivity index (χ0n) is 16.8. The van der Waals surface area contributed by atoms with E-state index in [2.05, 4.69) is 0 Å². The third kappa shape index (κ3) is 14.0. The van der Waals surface area contributed by atoms with Crippen molar-refractivity contribution in [2.45, 2.75) is 71.2 Å². The summed E-state index contributed by atoms with van der Waals surface area (Å²) in [5.74, 6) is -1.27. The molecule has 8 nitrogen and oxygen atoms in total. The minimum absolute atomic E-state index is 0.0960. The van der Waals surface area contributed by atoms with Crippen molar-refractivity contribution in [3.63, 3.8) is 0 Å². The van der Waals surface area contributed by atoms with Crippen LogP contribution in [0.15, 0.2) is 0 Å². The maximum absolute atomic E-state index is 12.1. The van der Waals surface area contributed by atoms with Gasteiger partial charge in [0.15, 0.2) is 0 Å². The van der Waals surface area contributed by atoms with Crippen molar-refractivity contribution < 1.29 is 38.7 Å². The Hall–Kier alpha value is -1.22.